The molecular formula is C8H9N5O2. The average Bonchev–Trinajstić information content (AvgIpc) is 2.78. The van der Waals surface area contributed by atoms with Crippen molar-refractivity contribution in [3.63, 3.8) is 0 Å². The number of aliphatic hydroxyl groups excluding tert-OH is 1. The Morgan fingerprint density at radius 2 is 2.13 bits per heavy atom. The molecule has 7 nitrogen and oxygen atoms in total. The molecule has 7 heteroatoms. The van der Waals surface area contributed by atoms with Gasteiger partial charge in [-0.3, -0.25) is 0 Å². The maximum atomic E-state index is 8.80. The van der Waals surface area contributed by atoms with Crippen molar-refractivity contribution in [3.05, 3.63) is 24.5 Å². The van der Waals surface area contributed by atoms with Crippen LogP contribution in [0.4, 0.5) is 0 Å². The van der Waals surface area contributed by atoms with E-state index in [1.165, 1.54) is 6.33 Å². The van der Waals surface area contributed by atoms with Gasteiger partial charge >= 0.3 is 0 Å². The molecule has 0 aliphatic heterocycles. The number of rotatable bonds is 3. The molecule has 2 aromatic rings. The minimum absolute atomic E-state index is 0.232. The van der Waals surface area contributed by atoms with Crippen LogP contribution in [0.15, 0.2) is 23.2 Å². The maximum Gasteiger partial charge on any atom is 0.261 e. The minimum Gasteiger partial charge on any atom is -0.394 e. The van der Waals surface area contributed by atoms with E-state index in [-0.39, 0.29) is 18.3 Å². The molecule has 2 rings (SSSR count). The zero-order valence-electron chi connectivity index (χ0n) is 7.74. The predicted octanol–water partition coefficient (Wildman–Crippen LogP) is -0.481. The van der Waals surface area contributed by atoms with Gasteiger partial charge in [0.25, 0.3) is 5.89 Å². The van der Waals surface area contributed by atoms with E-state index in [0.717, 1.165) is 0 Å². The monoisotopic (exact) mass is 207 g/mol. The molecule has 2 aromatic heterocycles. The highest BCUT2D eigenvalue weighted by atomic mass is 16.5. The van der Waals surface area contributed by atoms with Gasteiger partial charge in [-0.2, -0.15) is 4.98 Å². The fourth-order valence-corrected chi connectivity index (χ4v) is 0.994. The summed E-state index contributed by atoms with van der Waals surface area (Å²) in [5.41, 5.74) is 6.13. The normalized spacial score (nSPS) is 12.7. The number of aromatic nitrogens is 4. The summed E-state index contributed by atoms with van der Waals surface area (Å²) in [4.78, 5) is 11.6. The van der Waals surface area contributed by atoms with Gasteiger partial charge in [-0.1, -0.05) is 5.16 Å². The highest BCUT2D eigenvalue weighted by Crippen LogP contribution is 2.15. The number of nitrogens with zero attached hydrogens (tertiary/aromatic N) is 4. The highest BCUT2D eigenvalue weighted by Gasteiger charge is 2.14. The third-order valence-electron chi connectivity index (χ3n) is 1.78. The molecule has 1 atom stereocenters. The zero-order chi connectivity index (χ0) is 10.7. The van der Waals surface area contributed by atoms with Crippen LogP contribution in [-0.4, -0.2) is 31.8 Å². The summed E-state index contributed by atoms with van der Waals surface area (Å²) in [6.45, 7) is -0.232. The second kappa shape index (κ2) is 4.11. The second-order valence-corrected chi connectivity index (χ2v) is 2.87. The van der Waals surface area contributed by atoms with Crippen molar-refractivity contribution in [2.75, 3.05) is 6.61 Å². The topological polar surface area (TPSA) is 111 Å². The Morgan fingerprint density at radius 1 is 1.40 bits per heavy atom. The Balaban J connectivity index is 2.28. The first-order chi connectivity index (χ1) is 7.31. The molecular weight excluding hydrogens is 198 g/mol. The standard InChI is InChI=1S/C8H9N5O2/c9-6(3-14)7-12-8(15-13-7)5-1-10-4-11-2-5/h1-2,4,6,14H,3,9H2. The smallest absolute Gasteiger partial charge is 0.261 e. The molecule has 15 heavy (non-hydrogen) atoms. The summed E-state index contributed by atoms with van der Waals surface area (Å²) in [7, 11) is 0. The fraction of sp³-hybridized carbons (Fsp3) is 0.250. The third kappa shape index (κ3) is 1.97. The van der Waals surface area contributed by atoms with E-state index in [1.807, 2.05) is 0 Å². The molecule has 0 saturated heterocycles. The fourth-order valence-electron chi connectivity index (χ4n) is 0.994. The molecule has 0 fully saturated rings. The summed E-state index contributed by atoms with van der Waals surface area (Å²) < 4.78 is 4.94. The minimum atomic E-state index is -0.632. The summed E-state index contributed by atoms with van der Waals surface area (Å²) in [5, 5.41) is 12.4. The van der Waals surface area contributed by atoms with Gasteiger partial charge in [0.05, 0.1) is 18.2 Å². The second-order valence-electron chi connectivity index (χ2n) is 2.87. The van der Waals surface area contributed by atoms with Crippen LogP contribution in [-0.2, 0) is 0 Å². The quantitative estimate of drug-likeness (QED) is 0.699. The SMILES string of the molecule is NC(CO)c1noc(-c2cncnc2)n1. The molecule has 2 heterocycles. The Kier molecular flexibility index (Phi) is 2.66. The van der Waals surface area contributed by atoms with Crippen LogP contribution in [0.25, 0.3) is 11.5 Å². The van der Waals surface area contributed by atoms with Gasteiger partial charge in [-0.25, -0.2) is 9.97 Å². The van der Waals surface area contributed by atoms with Crippen LogP contribution < -0.4 is 5.73 Å². The number of aliphatic hydroxyl groups is 1. The lowest BCUT2D eigenvalue weighted by atomic mass is 10.3. The molecule has 0 aliphatic carbocycles. The van der Waals surface area contributed by atoms with Gasteiger partial charge in [-0.15, -0.1) is 0 Å². The summed E-state index contributed by atoms with van der Waals surface area (Å²) in [6, 6.07) is -0.632. The van der Waals surface area contributed by atoms with Crippen molar-refractivity contribution in [1.29, 1.82) is 0 Å². The van der Waals surface area contributed by atoms with Crippen LogP contribution in [0.5, 0.6) is 0 Å². The van der Waals surface area contributed by atoms with Crippen molar-refractivity contribution in [2.45, 2.75) is 6.04 Å². The molecule has 1 unspecified atom stereocenters. The lowest BCUT2D eigenvalue weighted by molar-refractivity contribution is 0.260. The van der Waals surface area contributed by atoms with E-state index in [9.17, 15) is 0 Å². The van der Waals surface area contributed by atoms with Gasteiger partial charge in [0, 0.05) is 12.4 Å². The van der Waals surface area contributed by atoms with E-state index < -0.39 is 6.04 Å². The predicted molar refractivity (Wildman–Crippen MR) is 49.3 cm³/mol. The lowest BCUT2D eigenvalue weighted by Crippen LogP contribution is -2.15. The average molecular weight is 207 g/mol. The highest BCUT2D eigenvalue weighted by molar-refractivity contribution is 5.48. The Hall–Kier alpha value is -1.86. The van der Waals surface area contributed by atoms with Crippen LogP contribution in [0, 0.1) is 0 Å². The van der Waals surface area contributed by atoms with E-state index in [1.54, 1.807) is 12.4 Å². The molecule has 3 N–H and O–H groups in total. The van der Waals surface area contributed by atoms with Gasteiger partial charge in [0.2, 0.25) is 0 Å². The van der Waals surface area contributed by atoms with Gasteiger partial charge in [0.1, 0.15) is 6.33 Å². The number of nitrogens with two attached hydrogens (primary N) is 1. The first kappa shape index (κ1) is 9.69. The van der Waals surface area contributed by atoms with Crippen molar-refractivity contribution < 1.29 is 9.63 Å². The largest absolute Gasteiger partial charge is 0.394 e. The molecule has 78 valence electrons. The molecule has 0 saturated carbocycles. The zero-order valence-corrected chi connectivity index (χ0v) is 7.74. The van der Waals surface area contributed by atoms with Crippen LogP contribution >= 0.6 is 0 Å². The van der Waals surface area contributed by atoms with Crippen molar-refractivity contribution >= 4 is 0 Å². The van der Waals surface area contributed by atoms with Gasteiger partial charge in [-0.05, 0) is 0 Å². The van der Waals surface area contributed by atoms with Crippen LogP contribution in [0.2, 0.25) is 0 Å². The Morgan fingerprint density at radius 3 is 2.80 bits per heavy atom. The Labute approximate surface area is 85.0 Å². The third-order valence-corrected chi connectivity index (χ3v) is 1.78. The first-order valence-corrected chi connectivity index (χ1v) is 4.26. The molecule has 0 aromatic carbocycles. The van der Waals surface area contributed by atoms with Crippen molar-refractivity contribution in [1.82, 2.24) is 20.1 Å². The van der Waals surface area contributed by atoms with E-state index in [0.29, 0.717) is 5.56 Å². The van der Waals surface area contributed by atoms with E-state index >= 15 is 0 Å². The molecule has 0 aliphatic rings. The maximum absolute atomic E-state index is 8.80. The van der Waals surface area contributed by atoms with Crippen LogP contribution in [0.1, 0.15) is 11.9 Å². The van der Waals surface area contributed by atoms with E-state index in [4.69, 9.17) is 15.4 Å². The van der Waals surface area contributed by atoms with Gasteiger partial charge in [0.15, 0.2) is 5.82 Å². The lowest BCUT2D eigenvalue weighted by Gasteiger charge is -1.98. The first-order valence-electron chi connectivity index (χ1n) is 4.26. The van der Waals surface area contributed by atoms with Gasteiger partial charge < -0.3 is 15.4 Å². The number of hydrogen-bond acceptors (Lipinski definition) is 7. The summed E-state index contributed by atoms with van der Waals surface area (Å²) >= 11 is 0. The van der Waals surface area contributed by atoms with Crippen molar-refractivity contribution in [3.8, 4) is 11.5 Å². The van der Waals surface area contributed by atoms with Crippen LogP contribution in [0.3, 0.4) is 0 Å². The van der Waals surface area contributed by atoms with Crippen molar-refractivity contribution in [2.24, 2.45) is 5.73 Å². The number of hydrogen-bond donors (Lipinski definition) is 2. The summed E-state index contributed by atoms with van der Waals surface area (Å²) in [6.07, 6.45) is 4.50. The molecule has 0 radical (unpaired) electrons. The Bertz CT molecular complexity index is 430. The molecule has 0 bridgehead atoms. The van der Waals surface area contributed by atoms with E-state index in [2.05, 4.69) is 20.1 Å². The summed E-state index contributed by atoms with van der Waals surface area (Å²) in [5.74, 6) is 0.547. The molecule has 0 amide bonds. The molecule has 0 spiro atoms.